The molecule has 0 radical (unpaired) electrons. The van der Waals surface area contributed by atoms with Gasteiger partial charge in [0.2, 0.25) is 0 Å². The number of alkyl halides is 3. The molecule has 0 aliphatic carbocycles. The van der Waals surface area contributed by atoms with Gasteiger partial charge in [-0.05, 0) is 10.4 Å². The van der Waals surface area contributed by atoms with Crippen LogP contribution in [0.15, 0.2) is 6.33 Å². The molecule has 1 rings (SSSR count). The summed E-state index contributed by atoms with van der Waals surface area (Å²) in [6.45, 7) is 0. The highest BCUT2D eigenvalue weighted by Gasteiger charge is 2.22. The smallest absolute Gasteiger partial charge is 0.183 e. The van der Waals surface area contributed by atoms with Crippen LogP contribution in [0.5, 0.6) is 0 Å². The summed E-state index contributed by atoms with van der Waals surface area (Å²) in [4.78, 5) is 0. The molecule has 0 saturated carbocycles. The summed E-state index contributed by atoms with van der Waals surface area (Å²) >= 11 is 16.1. The molecule has 0 saturated heterocycles. The first kappa shape index (κ1) is 7.05. The highest BCUT2D eigenvalue weighted by Crippen LogP contribution is 2.29. The lowest BCUT2D eigenvalue weighted by molar-refractivity contribution is 0.636. The van der Waals surface area contributed by atoms with Gasteiger partial charge in [0.05, 0.1) is 0 Å². The maximum absolute atomic E-state index is 5.35. The van der Waals surface area contributed by atoms with Crippen LogP contribution in [0, 0.1) is 0 Å². The van der Waals surface area contributed by atoms with Gasteiger partial charge >= 0.3 is 0 Å². The molecule has 1 aromatic rings. The summed E-state index contributed by atoms with van der Waals surface area (Å²) < 4.78 is -0.568. The molecule has 0 aromatic carbocycles. The zero-order chi connectivity index (χ0) is 6.91. The minimum atomic E-state index is -1.58. The number of aromatic nitrogens is 4. The van der Waals surface area contributed by atoms with Crippen LogP contribution >= 0.6 is 34.8 Å². The average Bonchev–Trinajstić information content (AvgIpc) is 2.08. The maximum Gasteiger partial charge on any atom is 0.289 e. The van der Waals surface area contributed by atoms with Crippen molar-refractivity contribution in [3.63, 3.8) is 0 Å². The van der Waals surface area contributed by atoms with E-state index in [-0.39, 0.29) is 0 Å². The Morgan fingerprint density at radius 1 is 1.33 bits per heavy atom. The fourth-order valence-electron chi connectivity index (χ4n) is 0.277. The van der Waals surface area contributed by atoms with E-state index in [1.807, 2.05) is 0 Å². The van der Waals surface area contributed by atoms with Crippen LogP contribution in [0.1, 0.15) is 0 Å². The van der Waals surface area contributed by atoms with E-state index in [0.717, 1.165) is 4.68 Å². The van der Waals surface area contributed by atoms with Crippen molar-refractivity contribution in [3.05, 3.63) is 6.33 Å². The van der Waals surface area contributed by atoms with Crippen LogP contribution in [-0.4, -0.2) is 20.2 Å². The number of hydrogen-bond donors (Lipinski definition) is 0. The molecule has 0 spiro atoms. The second-order valence-corrected chi connectivity index (χ2v) is 3.44. The molecule has 0 atom stereocenters. The molecule has 7 heteroatoms. The number of hydrogen-bond acceptors (Lipinski definition) is 3. The average molecular weight is 187 g/mol. The third-order valence-corrected chi connectivity index (χ3v) is 1.13. The Labute approximate surface area is 65.7 Å². The van der Waals surface area contributed by atoms with Gasteiger partial charge in [0, 0.05) is 0 Å². The Morgan fingerprint density at radius 2 is 2.00 bits per heavy atom. The zero-order valence-corrected chi connectivity index (χ0v) is 6.27. The molecule has 0 N–H and O–H groups in total. The number of nitrogens with zero attached hydrogens (tertiary/aromatic N) is 4. The van der Waals surface area contributed by atoms with Gasteiger partial charge in [0.25, 0.3) is 3.92 Å². The van der Waals surface area contributed by atoms with Crippen LogP contribution in [0.2, 0.25) is 0 Å². The molecular formula is C2HCl3N4. The first-order valence-electron chi connectivity index (χ1n) is 1.91. The van der Waals surface area contributed by atoms with Gasteiger partial charge < -0.3 is 0 Å². The minimum absolute atomic E-state index is 1.01. The first-order valence-corrected chi connectivity index (χ1v) is 3.04. The van der Waals surface area contributed by atoms with Crippen LogP contribution in [0.25, 0.3) is 0 Å². The van der Waals surface area contributed by atoms with Crippen LogP contribution in [0.4, 0.5) is 0 Å². The highest BCUT2D eigenvalue weighted by molar-refractivity contribution is 6.64. The quantitative estimate of drug-likeness (QED) is 0.568. The number of tetrazole rings is 1. The van der Waals surface area contributed by atoms with Gasteiger partial charge in [-0.1, -0.05) is 34.8 Å². The fourth-order valence-corrected chi connectivity index (χ4v) is 0.510. The van der Waals surface area contributed by atoms with Crippen molar-refractivity contribution < 1.29 is 0 Å². The number of rotatable bonds is 0. The molecule has 9 heavy (non-hydrogen) atoms. The van der Waals surface area contributed by atoms with Crippen molar-refractivity contribution in [2.45, 2.75) is 3.92 Å². The van der Waals surface area contributed by atoms with Gasteiger partial charge in [0.1, 0.15) is 6.33 Å². The molecular weight excluding hydrogens is 186 g/mol. The fraction of sp³-hybridized carbons (Fsp3) is 0.500. The molecule has 1 heterocycles. The van der Waals surface area contributed by atoms with E-state index in [1.165, 1.54) is 6.33 Å². The van der Waals surface area contributed by atoms with E-state index in [9.17, 15) is 0 Å². The Hall–Kier alpha value is -0.0600. The maximum atomic E-state index is 5.35. The van der Waals surface area contributed by atoms with Crippen molar-refractivity contribution in [2.75, 3.05) is 0 Å². The summed E-state index contributed by atoms with van der Waals surface area (Å²) in [6.07, 6.45) is 1.22. The van der Waals surface area contributed by atoms with Gasteiger partial charge in [0.15, 0.2) is 0 Å². The summed E-state index contributed by atoms with van der Waals surface area (Å²) in [5.74, 6) is 0. The van der Waals surface area contributed by atoms with E-state index in [0.29, 0.717) is 0 Å². The topological polar surface area (TPSA) is 43.6 Å². The van der Waals surface area contributed by atoms with E-state index in [1.54, 1.807) is 0 Å². The van der Waals surface area contributed by atoms with Gasteiger partial charge in [-0.2, -0.15) is 4.68 Å². The Morgan fingerprint density at radius 3 is 2.22 bits per heavy atom. The highest BCUT2D eigenvalue weighted by atomic mass is 35.6. The van der Waals surface area contributed by atoms with Crippen molar-refractivity contribution in [1.82, 2.24) is 20.2 Å². The number of halogens is 3. The van der Waals surface area contributed by atoms with Crippen molar-refractivity contribution in [2.24, 2.45) is 0 Å². The molecule has 0 bridgehead atoms. The lowest BCUT2D eigenvalue weighted by atomic mass is 11.2. The monoisotopic (exact) mass is 186 g/mol. The largest absolute Gasteiger partial charge is 0.289 e. The minimum Gasteiger partial charge on any atom is -0.183 e. The molecule has 0 aliphatic rings. The van der Waals surface area contributed by atoms with E-state index in [4.69, 9.17) is 34.8 Å². The lowest BCUT2D eigenvalue weighted by Crippen LogP contribution is -2.12. The van der Waals surface area contributed by atoms with Crippen LogP contribution < -0.4 is 0 Å². The summed E-state index contributed by atoms with van der Waals surface area (Å²) in [5, 5.41) is 9.88. The normalized spacial score (nSPS) is 11.9. The van der Waals surface area contributed by atoms with Gasteiger partial charge in [-0.3, -0.25) is 0 Å². The Bertz CT molecular complexity index is 176. The molecule has 0 unspecified atom stereocenters. The molecule has 0 aliphatic heterocycles. The van der Waals surface area contributed by atoms with E-state index in [2.05, 4.69) is 15.5 Å². The summed E-state index contributed by atoms with van der Waals surface area (Å²) in [7, 11) is 0. The van der Waals surface area contributed by atoms with Crippen LogP contribution in [0.3, 0.4) is 0 Å². The standard InChI is InChI=1S/C2HCl3N4/c3-2(4,5)9-1-6-7-8-9/h1H. The van der Waals surface area contributed by atoms with Crippen molar-refractivity contribution in [3.8, 4) is 0 Å². The van der Waals surface area contributed by atoms with Crippen molar-refractivity contribution >= 4 is 34.8 Å². The molecule has 0 amide bonds. The predicted molar refractivity (Wildman–Crippen MR) is 33.3 cm³/mol. The van der Waals surface area contributed by atoms with Gasteiger partial charge in [-0.15, -0.1) is 5.10 Å². The second kappa shape index (κ2) is 2.28. The van der Waals surface area contributed by atoms with Crippen molar-refractivity contribution in [1.29, 1.82) is 0 Å². The molecule has 4 nitrogen and oxygen atoms in total. The molecule has 1 aromatic heterocycles. The van der Waals surface area contributed by atoms with E-state index >= 15 is 0 Å². The van der Waals surface area contributed by atoms with Crippen LogP contribution in [-0.2, 0) is 3.92 Å². The van der Waals surface area contributed by atoms with E-state index < -0.39 is 3.92 Å². The predicted octanol–water partition coefficient (Wildman–Crippen LogP) is 0.957. The zero-order valence-electron chi connectivity index (χ0n) is 4.00. The summed E-state index contributed by atoms with van der Waals surface area (Å²) in [6, 6.07) is 0. The Balaban J connectivity index is 2.90. The first-order chi connectivity index (χ1) is 4.11. The third-order valence-electron chi connectivity index (χ3n) is 0.609. The molecule has 50 valence electrons. The second-order valence-electron chi connectivity index (χ2n) is 1.22. The SMILES string of the molecule is ClC(Cl)(Cl)n1cnnn1. The Kier molecular flexibility index (Phi) is 1.79. The third kappa shape index (κ3) is 1.67. The summed E-state index contributed by atoms with van der Waals surface area (Å²) in [5.41, 5.74) is 0. The lowest BCUT2D eigenvalue weighted by Gasteiger charge is -2.06. The molecule has 0 fully saturated rings. The van der Waals surface area contributed by atoms with Gasteiger partial charge in [-0.25, -0.2) is 0 Å².